The Bertz CT molecular complexity index is 1190. The Morgan fingerprint density at radius 1 is 1.03 bits per heavy atom. The van der Waals surface area contributed by atoms with E-state index in [-0.39, 0.29) is 24.3 Å². The monoisotopic (exact) mass is 487 g/mol. The fourth-order valence-electron chi connectivity index (χ4n) is 4.22. The van der Waals surface area contributed by atoms with E-state index in [0.717, 1.165) is 29.4 Å². The second-order valence-corrected chi connectivity index (χ2v) is 8.62. The molecule has 0 aliphatic heterocycles. The van der Waals surface area contributed by atoms with E-state index in [4.69, 9.17) is 5.73 Å². The number of carbonyl (C=O) groups excluding carboxylic acids is 2. The van der Waals surface area contributed by atoms with Crippen LogP contribution in [0.1, 0.15) is 69.2 Å². The number of rotatable bonds is 7. The van der Waals surface area contributed by atoms with Gasteiger partial charge in [0.05, 0.1) is 11.0 Å². The number of nitrogens with two attached hydrogens (primary N) is 1. The maximum atomic E-state index is 12.8. The van der Waals surface area contributed by atoms with Gasteiger partial charge in [-0.2, -0.15) is 0 Å². The van der Waals surface area contributed by atoms with E-state index in [0.29, 0.717) is 17.1 Å². The van der Waals surface area contributed by atoms with Crippen molar-refractivity contribution in [1.82, 2.24) is 15.3 Å². The molecule has 2 amide bonds. The number of aromatic amines is 1. The lowest BCUT2D eigenvalue weighted by Crippen LogP contribution is -2.34. The van der Waals surface area contributed by atoms with E-state index in [1.807, 2.05) is 56.3 Å². The van der Waals surface area contributed by atoms with Crippen molar-refractivity contribution in [2.75, 3.05) is 5.32 Å². The number of nitrogens with one attached hydrogen (secondary N) is 3. The highest BCUT2D eigenvalue weighted by Crippen LogP contribution is 2.23. The lowest BCUT2D eigenvalue weighted by Gasteiger charge is -2.16. The number of allylic oxidation sites excluding steroid dienone is 2. The summed E-state index contributed by atoms with van der Waals surface area (Å²) in [7, 11) is 0. The second-order valence-electron chi connectivity index (χ2n) is 8.62. The van der Waals surface area contributed by atoms with E-state index in [1.54, 1.807) is 18.2 Å². The van der Waals surface area contributed by atoms with Crippen molar-refractivity contribution in [3.63, 3.8) is 0 Å². The number of imidazole rings is 1. The van der Waals surface area contributed by atoms with E-state index >= 15 is 0 Å². The van der Waals surface area contributed by atoms with Crippen molar-refractivity contribution in [3.05, 3.63) is 72.5 Å². The molecule has 4 rings (SSSR count). The summed E-state index contributed by atoms with van der Waals surface area (Å²) in [6, 6.07) is 13.3. The molecule has 1 aliphatic carbocycles. The van der Waals surface area contributed by atoms with Gasteiger partial charge in [0.25, 0.3) is 5.91 Å². The van der Waals surface area contributed by atoms with Crippen molar-refractivity contribution < 1.29 is 9.59 Å². The first-order valence-electron chi connectivity index (χ1n) is 12.9. The third-order valence-corrected chi connectivity index (χ3v) is 6.04. The van der Waals surface area contributed by atoms with Gasteiger partial charge in [-0.3, -0.25) is 9.59 Å². The molecule has 1 saturated carbocycles. The zero-order valence-electron chi connectivity index (χ0n) is 21.2. The van der Waals surface area contributed by atoms with Gasteiger partial charge in [-0.1, -0.05) is 51.7 Å². The van der Waals surface area contributed by atoms with Crippen LogP contribution >= 0.6 is 0 Å². The Labute approximate surface area is 213 Å². The number of aromatic nitrogens is 2. The van der Waals surface area contributed by atoms with Crippen LogP contribution in [0, 0.1) is 0 Å². The standard InChI is InChI=1S/C27H31N5O2.C2H6/c28-17-7-3-6-10-25(33)29-22-14-11-19(12-15-22)26-31-23-16-13-20(18-24(23)32-26)27(34)30-21-8-4-1-2-5-9-21;1-2/h3,6-7,11-18,21H,1-2,4-5,8-10,28H2,(H,29,33)(H,30,34)(H,31,32);1-2H3/b6-3-,17-7-;. The molecule has 0 radical (unpaired) electrons. The van der Waals surface area contributed by atoms with Crippen molar-refractivity contribution >= 4 is 28.5 Å². The number of hydrogen-bond acceptors (Lipinski definition) is 4. The van der Waals surface area contributed by atoms with Gasteiger partial charge >= 0.3 is 0 Å². The predicted molar refractivity (Wildman–Crippen MR) is 148 cm³/mol. The molecule has 0 bridgehead atoms. The van der Waals surface area contributed by atoms with E-state index in [1.165, 1.54) is 31.9 Å². The zero-order valence-corrected chi connectivity index (χ0v) is 21.2. The molecule has 7 nitrogen and oxygen atoms in total. The summed E-state index contributed by atoms with van der Waals surface area (Å²) >= 11 is 0. The molecule has 0 spiro atoms. The van der Waals surface area contributed by atoms with Gasteiger partial charge in [-0.05, 0) is 67.6 Å². The van der Waals surface area contributed by atoms with E-state index in [9.17, 15) is 9.59 Å². The highest BCUT2D eigenvalue weighted by molar-refractivity contribution is 5.98. The molecule has 0 atom stereocenters. The fourth-order valence-corrected chi connectivity index (χ4v) is 4.22. The largest absolute Gasteiger partial charge is 0.405 e. The minimum Gasteiger partial charge on any atom is -0.405 e. The topological polar surface area (TPSA) is 113 Å². The van der Waals surface area contributed by atoms with E-state index in [2.05, 4.69) is 20.6 Å². The quantitative estimate of drug-likeness (QED) is 0.239. The van der Waals surface area contributed by atoms with Gasteiger partial charge in [0.15, 0.2) is 0 Å². The lowest BCUT2D eigenvalue weighted by molar-refractivity contribution is -0.115. The predicted octanol–water partition coefficient (Wildman–Crippen LogP) is 6.07. The first-order chi connectivity index (χ1) is 17.6. The molecule has 3 aromatic rings. The van der Waals surface area contributed by atoms with Crippen LogP contribution in [0.15, 0.2) is 66.9 Å². The minimum absolute atomic E-state index is 0.0288. The Morgan fingerprint density at radius 2 is 1.75 bits per heavy atom. The van der Waals surface area contributed by atoms with Crippen LogP contribution in [-0.2, 0) is 4.79 Å². The average Bonchev–Trinajstić information content (AvgIpc) is 3.16. The number of H-pyrrole nitrogens is 1. The molecule has 1 fully saturated rings. The summed E-state index contributed by atoms with van der Waals surface area (Å²) in [6.45, 7) is 4.00. The van der Waals surface area contributed by atoms with Gasteiger partial charge in [0.2, 0.25) is 5.91 Å². The van der Waals surface area contributed by atoms with Crippen molar-refractivity contribution in [3.8, 4) is 11.4 Å². The molecule has 0 unspecified atom stereocenters. The molecule has 1 heterocycles. The molecular formula is C29H37N5O2. The van der Waals surface area contributed by atoms with Gasteiger partial charge < -0.3 is 21.4 Å². The Balaban J connectivity index is 0.00000176. The summed E-state index contributed by atoms with van der Waals surface area (Å²) in [6.07, 6.45) is 13.8. The van der Waals surface area contributed by atoms with Crippen LogP contribution < -0.4 is 16.4 Å². The summed E-state index contributed by atoms with van der Waals surface area (Å²) < 4.78 is 0. The van der Waals surface area contributed by atoms with Crippen LogP contribution in [0.5, 0.6) is 0 Å². The van der Waals surface area contributed by atoms with Crippen molar-refractivity contribution in [2.24, 2.45) is 5.73 Å². The molecule has 1 aliphatic rings. The zero-order chi connectivity index (χ0) is 25.8. The molecule has 190 valence electrons. The highest BCUT2D eigenvalue weighted by Gasteiger charge is 2.16. The first-order valence-corrected chi connectivity index (χ1v) is 12.9. The molecule has 0 saturated heterocycles. The number of benzene rings is 2. The SMILES string of the molecule is CC.N/C=C\C=C/CC(=O)Nc1ccc(-c2nc3ccc(C(=O)NC4CCCCCC4)cc3[nH]2)cc1. The smallest absolute Gasteiger partial charge is 0.251 e. The average molecular weight is 488 g/mol. The maximum absolute atomic E-state index is 12.8. The summed E-state index contributed by atoms with van der Waals surface area (Å²) in [5.74, 6) is 0.581. The molecule has 7 heteroatoms. The number of nitrogens with zero attached hydrogens (tertiary/aromatic N) is 1. The van der Waals surface area contributed by atoms with Crippen molar-refractivity contribution in [1.29, 1.82) is 0 Å². The van der Waals surface area contributed by atoms with Crippen LogP contribution in [0.25, 0.3) is 22.4 Å². The number of carbonyl (C=O) groups is 2. The molecular weight excluding hydrogens is 450 g/mol. The third kappa shape index (κ3) is 7.57. The number of hydrogen-bond donors (Lipinski definition) is 4. The van der Waals surface area contributed by atoms with Crippen LogP contribution in [0.3, 0.4) is 0 Å². The lowest BCUT2D eigenvalue weighted by atomic mass is 10.1. The number of fused-ring (bicyclic) bond motifs is 1. The number of amides is 2. The van der Waals surface area contributed by atoms with Crippen LogP contribution in [0.2, 0.25) is 0 Å². The van der Waals surface area contributed by atoms with Gasteiger partial charge in [0, 0.05) is 29.3 Å². The summed E-state index contributed by atoms with van der Waals surface area (Å²) in [4.78, 5) is 32.8. The first kappa shape index (κ1) is 26.7. The van der Waals surface area contributed by atoms with Crippen LogP contribution in [-0.4, -0.2) is 27.8 Å². The van der Waals surface area contributed by atoms with Crippen LogP contribution in [0.4, 0.5) is 5.69 Å². The second kappa shape index (κ2) is 13.9. The molecule has 36 heavy (non-hydrogen) atoms. The summed E-state index contributed by atoms with van der Waals surface area (Å²) in [5.41, 5.74) is 9.13. The maximum Gasteiger partial charge on any atom is 0.251 e. The highest BCUT2D eigenvalue weighted by atomic mass is 16.2. The minimum atomic E-state index is -0.104. The molecule has 5 N–H and O–H groups in total. The normalized spacial score (nSPS) is 14.4. The summed E-state index contributed by atoms with van der Waals surface area (Å²) in [5, 5.41) is 6.06. The Morgan fingerprint density at radius 3 is 2.44 bits per heavy atom. The Hall–Kier alpha value is -3.87. The van der Waals surface area contributed by atoms with E-state index < -0.39 is 0 Å². The molecule has 1 aromatic heterocycles. The van der Waals surface area contributed by atoms with Gasteiger partial charge in [-0.25, -0.2) is 4.98 Å². The van der Waals surface area contributed by atoms with Gasteiger partial charge in [-0.15, -0.1) is 0 Å². The third-order valence-electron chi connectivity index (χ3n) is 6.04. The Kier molecular flexibility index (Phi) is 10.3. The number of anilines is 1. The van der Waals surface area contributed by atoms with Gasteiger partial charge in [0.1, 0.15) is 5.82 Å². The fraction of sp³-hybridized carbons (Fsp3) is 0.345. The van der Waals surface area contributed by atoms with Crippen molar-refractivity contribution in [2.45, 2.75) is 64.8 Å². The molecule has 2 aromatic carbocycles.